The first-order chi connectivity index (χ1) is 7.42. The van der Waals surface area contributed by atoms with E-state index in [2.05, 4.69) is 11.9 Å². The van der Waals surface area contributed by atoms with Crippen LogP contribution in [0.1, 0.15) is 0 Å². The number of amides is 1. The molecule has 0 aliphatic rings. The molecule has 0 aromatic heterocycles. The first kappa shape index (κ1) is 13.5. The van der Waals surface area contributed by atoms with E-state index in [1.54, 1.807) is 0 Å². The van der Waals surface area contributed by atoms with Crippen LogP contribution in [0.3, 0.4) is 0 Å². The van der Waals surface area contributed by atoms with Gasteiger partial charge in [0.05, 0.1) is 0 Å². The molecule has 0 atom stereocenters. The van der Waals surface area contributed by atoms with Crippen molar-refractivity contribution in [3.05, 3.63) is 36.9 Å². The van der Waals surface area contributed by atoms with Gasteiger partial charge >= 0.3 is 10.2 Å². The molecule has 0 unspecified atom stereocenters. The minimum absolute atomic E-state index is 0.0273. The highest BCUT2D eigenvalue weighted by Gasteiger charge is 2.65. The average Bonchev–Trinajstić information content (AvgIpc) is 2.15. The summed E-state index contributed by atoms with van der Waals surface area (Å²) in [5.41, 5.74) is -0.0273. The van der Waals surface area contributed by atoms with Gasteiger partial charge in [0, 0.05) is 5.69 Å². The fourth-order valence-corrected chi connectivity index (χ4v) is 1.64. The summed E-state index contributed by atoms with van der Waals surface area (Å²) in [6.45, 7) is 3.13. The third kappa shape index (κ3) is 3.74. The number of halogens is 5. The first-order valence-corrected chi connectivity index (χ1v) is 6.15. The molecule has 8 heteroatoms. The molecule has 1 amide bonds. The smallest absolute Gasteiger partial charge is 0.310 e. The summed E-state index contributed by atoms with van der Waals surface area (Å²) >= 11 is 0. The van der Waals surface area contributed by atoms with Crippen molar-refractivity contribution in [3.8, 4) is 0 Å². The van der Waals surface area contributed by atoms with Crippen LogP contribution >= 0.6 is 10.2 Å². The molecular weight excluding hydrogens is 265 g/mol. The van der Waals surface area contributed by atoms with E-state index in [9.17, 15) is 24.2 Å². The number of rotatable bonds is 3. The first-order valence-electron chi connectivity index (χ1n) is 4.20. The van der Waals surface area contributed by atoms with Gasteiger partial charge in [-0.1, -0.05) is 26.0 Å². The molecule has 1 aromatic carbocycles. The van der Waals surface area contributed by atoms with Gasteiger partial charge in [-0.2, -0.15) is 0 Å². The number of hydrogen-bond donors (Lipinski definition) is 1. The van der Waals surface area contributed by atoms with Crippen LogP contribution in [0.5, 0.6) is 0 Å². The number of carbonyl (C=O) groups is 1. The number of hydrogen-bond acceptors (Lipinski definition) is 1. The fraction of sp³-hybridized carbons (Fsp3) is 0. The number of carbonyl (C=O) groups excluding carboxylic acids is 1. The zero-order chi connectivity index (χ0) is 13.4. The van der Waals surface area contributed by atoms with Crippen molar-refractivity contribution >= 4 is 21.8 Å². The summed E-state index contributed by atoms with van der Waals surface area (Å²) in [6.07, 6.45) is 0.901. The maximum absolute atomic E-state index is 12.3. The fourth-order valence-electron chi connectivity index (χ4n) is 0.989. The molecular formula is C9H8F5NOS. The van der Waals surface area contributed by atoms with Crippen LogP contribution in [0.25, 0.3) is 0 Å². The highest BCUT2D eigenvalue weighted by molar-refractivity contribution is 8.45. The van der Waals surface area contributed by atoms with E-state index in [1.807, 2.05) is 0 Å². The number of anilines is 1. The van der Waals surface area contributed by atoms with Crippen LogP contribution in [0.15, 0.2) is 41.8 Å². The van der Waals surface area contributed by atoms with Crippen LogP contribution in [-0.4, -0.2) is 5.91 Å². The quantitative estimate of drug-likeness (QED) is 0.639. The Morgan fingerprint density at radius 3 is 1.94 bits per heavy atom. The SMILES string of the molecule is C=CC(=O)Nc1ccc(S(F)(F)(F)(F)F)cc1. The Morgan fingerprint density at radius 1 is 1.12 bits per heavy atom. The molecule has 0 fully saturated rings. The summed E-state index contributed by atoms with van der Waals surface area (Å²) in [5.74, 6) is -0.648. The van der Waals surface area contributed by atoms with Crippen molar-refractivity contribution in [2.24, 2.45) is 0 Å². The molecule has 0 heterocycles. The average molecular weight is 273 g/mol. The number of nitrogens with one attached hydrogen (secondary N) is 1. The normalized spacial score (nSPS) is 15.6. The van der Waals surface area contributed by atoms with E-state index in [4.69, 9.17) is 0 Å². The molecule has 2 nitrogen and oxygen atoms in total. The predicted octanol–water partition coefficient (Wildman–Crippen LogP) is 4.47. The highest BCUT2D eigenvalue weighted by atomic mass is 32.5. The van der Waals surface area contributed by atoms with Gasteiger partial charge in [0.25, 0.3) is 0 Å². The zero-order valence-corrected chi connectivity index (χ0v) is 9.12. The number of benzene rings is 1. The zero-order valence-electron chi connectivity index (χ0n) is 8.30. The molecule has 1 aromatic rings. The third-order valence-electron chi connectivity index (χ3n) is 1.75. The monoisotopic (exact) mass is 273 g/mol. The van der Waals surface area contributed by atoms with Gasteiger partial charge in [0.1, 0.15) is 4.90 Å². The molecule has 96 valence electrons. The molecule has 0 bridgehead atoms. The van der Waals surface area contributed by atoms with E-state index in [0.717, 1.165) is 18.2 Å². The lowest BCUT2D eigenvalue weighted by Crippen LogP contribution is -2.09. The highest BCUT2D eigenvalue weighted by Crippen LogP contribution is 3.02. The molecule has 1 N–H and O–H groups in total. The Morgan fingerprint density at radius 2 is 1.59 bits per heavy atom. The molecule has 0 aliphatic carbocycles. The largest absolute Gasteiger partial charge is 0.323 e. The minimum Gasteiger partial charge on any atom is -0.323 e. The summed E-state index contributed by atoms with van der Waals surface area (Å²) in [6, 6.07) is 1.93. The molecule has 0 saturated heterocycles. The van der Waals surface area contributed by atoms with Crippen LogP contribution in [0.2, 0.25) is 0 Å². The predicted molar refractivity (Wildman–Crippen MR) is 56.7 cm³/mol. The van der Waals surface area contributed by atoms with Crippen molar-refractivity contribution in [1.29, 1.82) is 0 Å². The second-order valence-corrected chi connectivity index (χ2v) is 5.60. The van der Waals surface area contributed by atoms with Crippen LogP contribution in [-0.2, 0) is 4.79 Å². The van der Waals surface area contributed by atoms with E-state index in [0.29, 0.717) is 0 Å². The van der Waals surface area contributed by atoms with Gasteiger partial charge in [-0.3, -0.25) is 4.79 Å². The maximum atomic E-state index is 12.3. The Balaban J connectivity index is 3.06. The molecule has 0 spiro atoms. The van der Waals surface area contributed by atoms with Crippen molar-refractivity contribution in [2.75, 3.05) is 5.32 Å². The van der Waals surface area contributed by atoms with E-state index >= 15 is 0 Å². The lowest BCUT2D eigenvalue weighted by atomic mass is 10.3. The third-order valence-corrected chi connectivity index (χ3v) is 2.92. The molecule has 17 heavy (non-hydrogen) atoms. The summed E-state index contributed by atoms with van der Waals surface area (Å²) in [7, 11) is -9.64. The Labute approximate surface area is 93.8 Å². The molecule has 1 rings (SSSR count). The Hall–Kier alpha value is -1.57. The van der Waals surface area contributed by atoms with Gasteiger partial charge < -0.3 is 5.32 Å². The minimum atomic E-state index is -9.64. The molecule has 0 aliphatic heterocycles. The van der Waals surface area contributed by atoms with Crippen molar-refractivity contribution < 1.29 is 24.2 Å². The van der Waals surface area contributed by atoms with Gasteiger partial charge in [-0.05, 0) is 30.3 Å². The van der Waals surface area contributed by atoms with Crippen molar-refractivity contribution in [1.82, 2.24) is 0 Å². The lowest BCUT2D eigenvalue weighted by Gasteiger charge is -2.40. The van der Waals surface area contributed by atoms with Crippen molar-refractivity contribution in [2.45, 2.75) is 4.90 Å². The van der Waals surface area contributed by atoms with Gasteiger partial charge in [0.15, 0.2) is 0 Å². The lowest BCUT2D eigenvalue weighted by molar-refractivity contribution is -0.111. The van der Waals surface area contributed by atoms with Gasteiger partial charge in [0.2, 0.25) is 5.91 Å². The Bertz CT molecular complexity index is 464. The summed E-state index contributed by atoms with van der Waals surface area (Å²) in [4.78, 5) is 8.80. The summed E-state index contributed by atoms with van der Waals surface area (Å²) in [5, 5.41) is 2.14. The van der Waals surface area contributed by atoms with E-state index < -0.39 is 21.0 Å². The second kappa shape index (κ2) is 3.22. The van der Waals surface area contributed by atoms with Crippen LogP contribution < -0.4 is 5.32 Å². The standard InChI is InChI=1S/C9H8F5NOS/c1-2-9(16)15-7-3-5-8(6-4-7)17(10,11,12,13)14/h2-6H,1H2,(H,15,16). The van der Waals surface area contributed by atoms with Gasteiger partial charge in [-0.25, -0.2) is 0 Å². The van der Waals surface area contributed by atoms with E-state index in [-0.39, 0.29) is 17.8 Å². The van der Waals surface area contributed by atoms with Crippen LogP contribution in [0.4, 0.5) is 25.1 Å². The van der Waals surface area contributed by atoms with E-state index in [1.165, 1.54) is 0 Å². The molecule has 0 saturated carbocycles. The van der Waals surface area contributed by atoms with Crippen molar-refractivity contribution in [3.63, 3.8) is 0 Å². The summed E-state index contributed by atoms with van der Waals surface area (Å²) < 4.78 is 61.5. The maximum Gasteiger partial charge on any atom is 0.310 e. The molecule has 0 radical (unpaired) electrons. The van der Waals surface area contributed by atoms with Gasteiger partial charge in [-0.15, -0.1) is 0 Å². The van der Waals surface area contributed by atoms with Crippen LogP contribution in [0, 0.1) is 0 Å². The second-order valence-electron chi connectivity index (χ2n) is 3.19. The topological polar surface area (TPSA) is 29.1 Å². The Kier molecular flexibility index (Phi) is 2.56.